The Morgan fingerprint density at radius 2 is 1.94 bits per heavy atom. The van der Waals surface area contributed by atoms with Gasteiger partial charge in [-0.15, -0.1) is 11.8 Å². The van der Waals surface area contributed by atoms with Crippen LogP contribution in [-0.2, 0) is 0 Å². The quantitative estimate of drug-likeness (QED) is 0.781. The van der Waals surface area contributed by atoms with Crippen molar-refractivity contribution >= 4 is 17.7 Å². The molecule has 2 N–H and O–H groups in total. The van der Waals surface area contributed by atoms with Gasteiger partial charge < -0.3 is 15.1 Å². The van der Waals surface area contributed by atoms with Crippen LogP contribution in [0.25, 0.3) is 0 Å². The Morgan fingerprint density at radius 3 is 2.50 bits per heavy atom. The molecule has 1 amide bonds. The molecule has 1 heterocycles. The topological polar surface area (TPSA) is 60.8 Å². The van der Waals surface area contributed by atoms with Gasteiger partial charge in [0, 0.05) is 23.5 Å². The summed E-state index contributed by atoms with van der Waals surface area (Å²) in [5.74, 6) is -0.126. The third-order valence-corrected chi connectivity index (χ3v) is 3.95. The minimum absolute atomic E-state index is 0.126. The van der Waals surface area contributed by atoms with Crippen molar-refractivity contribution in [3.63, 3.8) is 0 Å². The Balaban J connectivity index is 2.23. The standard InChI is InChI=1S/C13H17NO3S/c1-8-3-4-9(18-2)5-10(8)13(17)14-6-11(15)12(16)7-14/h3-5,11-12,15-16H,6-7H2,1-2H3/t11-,12+. The summed E-state index contributed by atoms with van der Waals surface area (Å²) in [6.45, 7) is 2.28. The van der Waals surface area contributed by atoms with E-state index >= 15 is 0 Å². The highest BCUT2D eigenvalue weighted by Crippen LogP contribution is 2.22. The number of hydrogen-bond acceptors (Lipinski definition) is 4. The normalized spacial score (nSPS) is 23.4. The second kappa shape index (κ2) is 5.30. The number of amides is 1. The van der Waals surface area contributed by atoms with Crippen LogP contribution in [0.15, 0.2) is 23.1 Å². The van der Waals surface area contributed by atoms with E-state index in [9.17, 15) is 15.0 Å². The van der Waals surface area contributed by atoms with Crippen LogP contribution < -0.4 is 0 Å². The Bertz CT molecular complexity index is 454. The SMILES string of the molecule is CSc1ccc(C)c(C(=O)N2C[C@@H](O)[C@@H](O)C2)c1. The van der Waals surface area contributed by atoms with Gasteiger partial charge >= 0.3 is 0 Å². The fraction of sp³-hybridized carbons (Fsp3) is 0.462. The first-order valence-corrected chi connectivity index (χ1v) is 7.05. The summed E-state index contributed by atoms with van der Waals surface area (Å²) in [5, 5.41) is 19.0. The summed E-state index contributed by atoms with van der Waals surface area (Å²) in [4.78, 5) is 14.9. The number of thioether (sulfide) groups is 1. The molecule has 1 aliphatic rings. The van der Waals surface area contributed by atoms with Crippen LogP contribution >= 0.6 is 11.8 Å². The average molecular weight is 267 g/mol. The number of aryl methyl sites for hydroxylation is 1. The molecular weight excluding hydrogens is 250 g/mol. The zero-order chi connectivity index (χ0) is 13.3. The monoisotopic (exact) mass is 267 g/mol. The van der Waals surface area contributed by atoms with Crippen molar-refractivity contribution in [1.29, 1.82) is 0 Å². The van der Waals surface area contributed by atoms with Gasteiger partial charge in [-0.3, -0.25) is 4.79 Å². The van der Waals surface area contributed by atoms with Crippen molar-refractivity contribution in [2.45, 2.75) is 24.0 Å². The molecule has 98 valence electrons. The molecule has 2 atom stereocenters. The van der Waals surface area contributed by atoms with Gasteiger partial charge in [0.05, 0.1) is 12.2 Å². The highest BCUT2D eigenvalue weighted by atomic mass is 32.2. The van der Waals surface area contributed by atoms with Crippen LogP contribution in [-0.4, -0.2) is 52.6 Å². The van der Waals surface area contributed by atoms with Gasteiger partial charge in [0.25, 0.3) is 5.91 Å². The number of aliphatic hydroxyl groups is 2. The van der Waals surface area contributed by atoms with Crippen LogP contribution in [0.1, 0.15) is 15.9 Å². The zero-order valence-electron chi connectivity index (χ0n) is 10.5. The molecule has 0 radical (unpaired) electrons. The van der Waals surface area contributed by atoms with Crippen LogP contribution in [0, 0.1) is 6.92 Å². The molecule has 0 bridgehead atoms. The fourth-order valence-corrected chi connectivity index (χ4v) is 2.50. The largest absolute Gasteiger partial charge is 0.388 e. The summed E-state index contributed by atoms with van der Waals surface area (Å²) in [6, 6.07) is 5.76. The molecule has 0 unspecified atom stereocenters. The molecule has 4 nitrogen and oxygen atoms in total. The number of carbonyl (C=O) groups excluding carboxylic acids is 1. The summed E-state index contributed by atoms with van der Waals surface area (Å²) < 4.78 is 0. The van der Waals surface area contributed by atoms with Crippen molar-refractivity contribution in [2.24, 2.45) is 0 Å². The minimum Gasteiger partial charge on any atom is -0.388 e. The number of carbonyl (C=O) groups is 1. The van der Waals surface area contributed by atoms with Gasteiger partial charge in [-0.25, -0.2) is 0 Å². The van der Waals surface area contributed by atoms with E-state index in [-0.39, 0.29) is 19.0 Å². The number of β-amino-alcohol motifs (C(OH)–C–C–N with tert-alkyl or cyclic N) is 2. The molecule has 0 saturated carbocycles. The van der Waals surface area contributed by atoms with E-state index in [4.69, 9.17) is 0 Å². The van der Waals surface area contributed by atoms with Gasteiger partial charge in [-0.1, -0.05) is 6.07 Å². The first-order valence-electron chi connectivity index (χ1n) is 5.83. The Labute approximate surface area is 111 Å². The summed E-state index contributed by atoms with van der Waals surface area (Å²) in [6.07, 6.45) is 0.290. The highest BCUT2D eigenvalue weighted by Gasteiger charge is 2.33. The lowest BCUT2D eigenvalue weighted by atomic mass is 10.1. The van der Waals surface area contributed by atoms with E-state index in [2.05, 4.69) is 0 Å². The van der Waals surface area contributed by atoms with Crippen LogP contribution in [0.3, 0.4) is 0 Å². The fourth-order valence-electron chi connectivity index (χ4n) is 2.06. The summed E-state index contributed by atoms with van der Waals surface area (Å²) >= 11 is 1.58. The highest BCUT2D eigenvalue weighted by molar-refractivity contribution is 7.98. The second-order valence-corrected chi connectivity index (χ2v) is 5.41. The predicted molar refractivity (Wildman–Crippen MR) is 70.9 cm³/mol. The molecule has 1 aromatic rings. The summed E-state index contributed by atoms with van der Waals surface area (Å²) in [5.41, 5.74) is 1.55. The van der Waals surface area contributed by atoms with Gasteiger partial charge in [0.2, 0.25) is 0 Å². The number of nitrogens with zero attached hydrogens (tertiary/aromatic N) is 1. The lowest BCUT2D eigenvalue weighted by Crippen LogP contribution is -2.30. The first kappa shape index (κ1) is 13.4. The van der Waals surface area contributed by atoms with E-state index in [1.54, 1.807) is 11.8 Å². The van der Waals surface area contributed by atoms with Crippen molar-refractivity contribution in [2.75, 3.05) is 19.3 Å². The third-order valence-electron chi connectivity index (χ3n) is 3.22. The van der Waals surface area contributed by atoms with Crippen LogP contribution in [0.4, 0.5) is 0 Å². The van der Waals surface area contributed by atoms with Crippen molar-refractivity contribution in [3.05, 3.63) is 29.3 Å². The average Bonchev–Trinajstić information content (AvgIpc) is 2.69. The van der Waals surface area contributed by atoms with Gasteiger partial charge in [0.15, 0.2) is 0 Å². The molecule has 1 aliphatic heterocycles. The number of likely N-dealkylation sites (tertiary alicyclic amines) is 1. The number of benzene rings is 1. The Hall–Kier alpha value is -1.04. The molecule has 1 fully saturated rings. The third kappa shape index (κ3) is 2.53. The zero-order valence-corrected chi connectivity index (χ0v) is 11.3. The minimum atomic E-state index is -0.835. The van der Waals surface area contributed by atoms with E-state index in [0.717, 1.165) is 10.5 Å². The van der Waals surface area contributed by atoms with E-state index in [1.165, 1.54) is 4.90 Å². The Kier molecular flexibility index (Phi) is 3.94. The molecular formula is C13H17NO3S. The van der Waals surface area contributed by atoms with Crippen molar-refractivity contribution in [3.8, 4) is 0 Å². The van der Waals surface area contributed by atoms with E-state index < -0.39 is 12.2 Å². The van der Waals surface area contributed by atoms with Gasteiger partial charge in [-0.2, -0.15) is 0 Å². The van der Waals surface area contributed by atoms with Gasteiger partial charge in [0.1, 0.15) is 0 Å². The lowest BCUT2D eigenvalue weighted by Gasteiger charge is -2.17. The second-order valence-electron chi connectivity index (χ2n) is 4.53. The number of rotatable bonds is 2. The molecule has 5 heteroatoms. The molecule has 0 aliphatic carbocycles. The van der Waals surface area contributed by atoms with E-state index in [0.29, 0.717) is 5.56 Å². The van der Waals surface area contributed by atoms with Crippen molar-refractivity contribution in [1.82, 2.24) is 4.90 Å². The van der Waals surface area contributed by atoms with Gasteiger partial charge in [-0.05, 0) is 30.9 Å². The number of hydrogen-bond donors (Lipinski definition) is 2. The lowest BCUT2D eigenvalue weighted by molar-refractivity contribution is 0.0572. The molecule has 1 saturated heterocycles. The molecule has 2 rings (SSSR count). The smallest absolute Gasteiger partial charge is 0.254 e. The first-order chi connectivity index (χ1) is 8.52. The molecule has 0 aromatic heterocycles. The van der Waals surface area contributed by atoms with Crippen LogP contribution in [0.2, 0.25) is 0 Å². The van der Waals surface area contributed by atoms with Crippen molar-refractivity contribution < 1.29 is 15.0 Å². The van der Waals surface area contributed by atoms with E-state index in [1.807, 2.05) is 31.4 Å². The van der Waals surface area contributed by atoms with Crippen LogP contribution in [0.5, 0.6) is 0 Å². The predicted octanol–water partition coefficient (Wildman–Crippen LogP) is 0.895. The molecule has 0 spiro atoms. The maximum atomic E-state index is 12.3. The Morgan fingerprint density at radius 1 is 1.33 bits per heavy atom. The molecule has 18 heavy (non-hydrogen) atoms. The maximum absolute atomic E-state index is 12.3. The number of aliphatic hydroxyl groups excluding tert-OH is 2. The molecule has 1 aromatic carbocycles. The summed E-state index contributed by atoms with van der Waals surface area (Å²) in [7, 11) is 0. The maximum Gasteiger partial charge on any atom is 0.254 e.